The first-order valence-electron chi connectivity index (χ1n) is 10.4. The largest absolute Gasteiger partial charge is 0.490 e. The van der Waals surface area contributed by atoms with Crippen molar-refractivity contribution in [3.63, 3.8) is 0 Å². The van der Waals surface area contributed by atoms with E-state index in [1.54, 1.807) is 37.3 Å². The van der Waals surface area contributed by atoms with E-state index in [-0.39, 0.29) is 17.9 Å². The van der Waals surface area contributed by atoms with Gasteiger partial charge in [0.2, 0.25) is 5.43 Å². The van der Waals surface area contributed by atoms with E-state index in [1.165, 1.54) is 12.1 Å². The first kappa shape index (κ1) is 20.1. The number of hydrogen-bond donors (Lipinski definition) is 0. The van der Waals surface area contributed by atoms with Crippen molar-refractivity contribution in [2.75, 3.05) is 13.2 Å². The van der Waals surface area contributed by atoms with Crippen LogP contribution in [0.1, 0.15) is 17.7 Å². The smallest absolute Gasteiger partial charge is 0.200 e. The Balaban J connectivity index is 1.47. The summed E-state index contributed by atoms with van der Waals surface area (Å²) in [6.07, 6.45) is 0.812. The lowest BCUT2D eigenvalue weighted by Crippen LogP contribution is -2.08. The number of aryl methyl sites for hydroxylation is 1. The summed E-state index contributed by atoms with van der Waals surface area (Å²) in [6, 6.07) is 16.7. The van der Waals surface area contributed by atoms with E-state index >= 15 is 0 Å². The van der Waals surface area contributed by atoms with Crippen molar-refractivity contribution in [2.45, 2.75) is 20.0 Å². The van der Waals surface area contributed by atoms with Gasteiger partial charge in [-0.25, -0.2) is 4.39 Å². The second-order valence-electron chi connectivity index (χ2n) is 7.65. The van der Waals surface area contributed by atoms with Crippen molar-refractivity contribution in [3.05, 3.63) is 88.0 Å². The highest BCUT2D eigenvalue weighted by molar-refractivity contribution is 5.84. The molecule has 0 amide bonds. The van der Waals surface area contributed by atoms with Crippen LogP contribution in [0, 0.1) is 12.7 Å². The van der Waals surface area contributed by atoms with Gasteiger partial charge in [0.15, 0.2) is 11.5 Å². The average Bonchev–Trinajstić information content (AvgIpc) is 3.03. The van der Waals surface area contributed by atoms with E-state index in [4.69, 9.17) is 18.6 Å². The van der Waals surface area contributed by atoms with Crippen LogP contribution in [-0.4, -0.2) is 13.2 Å². The molecule has 0 N–H and O–H groups in total. The lowest BCUT2D eigenvalue weighted by Gasteiger charge is -2.12. The molecule has 0 saturated heterocycles. The molecule has 2 heterocycles. The van der Waals surface area contributed by atoms with E-state index in [0.29, 0.717) is 52.8 Å². The molecule has 0 spiro atoms. The predicted molar refractivity (Wildman–Crippen MR) is 119 cm³/mol. The normalized spacial score (nSPS) is 13.1. The molecule has 0 fully saturated rings. The van der Waals surface area contributed by atoms with Crippen molar-refractivity contribution < 1.29 is 23.0 Å². The molecule has 32 heavy (non-hydrogen) atoms. The number of benzene rings is 3. The van der Waals surface area contributed by atoms with Gasteiger partial charge >= 0.3 is 0 Å². The first-order valence-corrected chi connectivity index (χ1v) is 10.4. The van der Waals surface area contributed by atoms with Crippen molar-refractivity contribution in [2.24, 2.45) is 0 Å². The van der Waals surface area contributed by atoms with Crippen molar-refractivity contribution >= 4 is 11.0 Å². The van der Waals surface area contributed by atoms with Gasteiger partial charge in [-0.05, 0) is 54.4 Å². The molecule has 1 aliphatic heterocycles. The minimum absolute atomic E-state index is 0.122. The Kier molecular flexibility index (Phi) is 5.27. The summed E-state index contributed by atoms with van der Waals surface area (Å²) in [4.78, 5) is 13.3. The Morgan fingerprint density at radius 1 is 0.938 bits per heavy atom. The van der Waals surface area contributed by atoms with E-state index in [9.17, 15) is 9.18 Å². The number of ether oxygens (including phenoxy) is 3. The fourth-order valence-corrected chi connectivity index (χ4v) is 3.78. The summed E-state index contributed by atoms with van der Waals surface area (Å²) in [6.45, 7) is 3.23. The van der Waals surface area contributed by atoms with Crippen molar-refractivity contribution in [1.82, 2.24) is 0 Å². The van der Waals surface area contributed by atoms with Crippen LogP contribution in [0.4, 0.5) is 4.39 Å². The zero-order valence-electron chi connectivity index (χ0n) is 17.5. The van der Waals surface area contributed by atoms with Gasteiger partial charge < -0.3 is 18.6 Å². The maximum absolute atomic E-state index is 13.3. The molecule has 4 aromatic rings. The van der Waals surface area contributed by atoms with Crippen LogP contribution in [0.15, 0.2) is 69.9 Å². The van der Waals surface area contributed by atoms with Gasteiger partial charge in [0, 0.05) is 12.5 Å². The molecule has 1 aliphatic rings. The van der Waals surface area contributed by atoms with Crippen LogP contribution in [0.3, 0.4) is 0 Å². The Bertz CT molecular complexity index is 1340. The van der Waals surface area contributed by atoms with Crippen LogP contribution in [0.2, 0.25) is 0 Å². The fraction of sp³-hybridized carbons (Fsp3) is 0.192. The highest BCUT2D eigenvalue weighted by Gasteiger charge is 2.17. The summed E-state index contributed by atoms with van der Waals surface area (Å²) >= 11 is 0. The zero-order chi connectivity index (χ0) is 22.1. The molecule has 0 aliphatic carbocycles. The monoisotopic (exact) mass is 432 g/mol. The lowest BCUT2D eigenvalue weighted by atomic mass is 10.0. The molecule has 5 nitrogen and oxygen atoms in total. The molecular formula is C26H21FO5. The molecule has 1 aromatic heterocycles. The van der Waals surface area contributed by atoms with E-state index in [2.05, 4.69) is 0 Å². The molecule has 0 radical (unpaired) electrons. The molecular weight excluding hydrogens is 411 g/mol. The highest BCUT2D eigenvalue weighted by Crippen LogP contribution is 2.35. The molecule has 0 bridgehead atoms. The summed E-state index contributed by atoms with van der Waals surface area (Å²) in [5, 5.41) is 0.465. The quantitative estimate of drug-likeness (QED) is 0.417. The number of hydrogen-bond acceptors (Lipinski definition) is 5. The van der Waals surface area contributed by atoms with Gasteiger partial charge in [0.1, 0.15) is 29.5 Å². The number of rotatable bonds is 4. The van der Waals surface area contributed by atoms with Crippen LogP contribution in [0.5, 0.6) is 17.2 Å². The fourth-order valence-electron chi connectivity index (χ4n) is 3.78. The van der Waals surface area contributed by atoms with Gasteiger partial charge in [-0.3, -0.25) is 4.79 Å². The van der Waals surface area contributed by atoms with E-state index in [1.807, 2.05) is 18.2 Å². The standard InChI is InChI=1S/C26H21FO5/c1-16-25(18-5-10-22-24(13-18)30-12-2-11-29-22)26(28)21-9-8-20(14-23(21)32-16)31-15-17-3-6-19(27)7-4-17/h3-10,13-14H,2,11-12,15H2,1H3. The maximum atomic E-state index is 13.3. The van der Waals surface area contributed by atoms with Gasteiger partial charge in [-0.2, -0.15) is 0 Å². The van der Waals surface area contributed by atoms with Crippen LogP contribution in [-0.2, 0) is 6.61 Å². The summed E-state index contributed by atoms with van der Waals surface area (Å²) in [5.41, 5.74) is 2.38. The molecule has 0 saturated carbocycles. The minimum atomic E-state index is -0.291. The SMILES string of the molecule is Cc1oc2cc(OCc3ccc(F)cc3)ccc2c(=O)c1-c1ccc2c(c1)OCCCO2. The lowest BCUT2D eigenvalue weighted by molar-refractivity contribution is 0.297. The third-order valence-electron chi connectivity index (χ3n) is 5.39. The third kappa shape index (κ3) is 3.91. The Morgan fingerprint density at radius 2 is 1.72 bits per heavy atom. The topological polar surface area (TPSA) is 57.9 Å². The summed E-state index contributed by atoms with van der Waals surface area (Å²) in [7, 11) is 0. The maximum Gasteiger partial charge on any atom is 0.200 e. The second-order valence-corrected chi connectivity index (χ2v) is 7.65. The Hall–Kier alpha value is -3.80. The summed E-state index contributed by atoms with van der Waals surface area (Å²) in [5.74, 6) is 2.09. The minimum Gasteiger partial charge on any atom is -0.490 e. The van der Waals surface area contributed by atoms with E-state index in [0.717, 1.165) is 17.5 Å². The predicted octanol–water partition coefficient (Wildman–Crippen LogP) is 5.65. The highest BCUT2D eigenvalue weighted by atomic mass is 19.1. The van der Waals surface area contributed by atoms with Crippen LogP contribution >= 0.6 is 0 Å². The first-order chi connectivity index (χ1) is 15.6. The van der Waals surface area contributed by atoms with Gasteiger partial charge in [-0.1, -0.05) is 18.2 Å². The van der Waals surface area contributed by atoms with Crippen molar-refractivity contribution in [1.29, 1.82) is 0 Å². The molecule has 6 heteroatoms. The number of fused-ring (bicyclic) bond motifs is 2. The van der Waals surface area contributed by atoms with Gasteiger partial charge in [0.05, 0.1) is 24.2 Å². The zero-order valence-corrected chi connectivity index (χ0v) is 17.5. The second kappa shape index (κ2) is 8.38. The Labute approximate surface area is 184 Å². The molecule has 3 aromatic carbocycles. The summed E-state index contributed by atoms with van der Waals surface area (Å²) < 4.78 is 36.3. The molecule has 0 unspecified atom stereocenters. The van der Waals surface area contributed by atoms with E-state index < -0.39 is 0 Å². The molecule has 5 rings (SSSR count). The van der Waals surface area contributed by atoms with Crippen LogP contribution in [0.25, 0.3) is 22.1 Å². The third-order valence-corrected chi connectivity index (χ3v) is 5.39. The molecule has 0 atom stereocenters. The molecule has 162 valence electrons. The van der Waals surface area contributed by atoms with Crippen LogP contribution < -0.4 is 19.6 Å². The number of halogens is 1. The Morgan fingerprint density at radius 3 is 2.53 bits per heavy atom. The van der Waals surface area contributed by atoms with Crippen molar-refractivity contribution in [3.8, 4) is 28.4 Å². The van der Waals surface area contributed by atoms with Gasteiger partial charge in [0.25, 0.3) is 0 Å². The average molecular weight is 432 g/mol. The van der Waals surface area contributed by atoms with Gasteiger partial charge in [-0.15, -0.1) is 0 Å².